The van der Waals surface area contributed by atoms with Gasteiger partial charge in [0, 0.05) is 30.9 Å². The lowest BCUT2D eigenvalue weighted by Crippen LogP contribution is -2.30. The number of carbonyl (C=O) groups is 1. The summed E-state index contributed by atoms with van der Waals surface area (Å²) in [5, 5.41) is 0.974. The Bertz CT molecular complexity index is 542. The van der Waals surface area contributed by atoms with Gasteiger partial charge in [0.1, 0.15) is 18.5 Å². The van der Waals surface area contributed by atoms with Crippen LogP contribution in [0.4, 0.5) is 0 Å². The van der Waals surface area contributed by atoms with Crippen molar-refractivity contribution in [2.24, 2.45) is 0 Å². The maximum absolute atomic E-state index is 12.0. The van der Waals surface area contributed by atoms with Crippen molar-refractivity contribution in [3.05, 3.63) is 24.8 Å². The van der Waals surface area contributed by atoms with E-state index in [0.29, 0.717) is 6.54 Å². The number of carbonyl (C=O) groups excluding carboxylic acids is 1. The van der Waals surface area contributed by atoms with Crippen LogP contribution in [-0.2, 0) is 11.3 Å². The average Bonchev–Trinajstić information content (AvgIpc) is 2.98. The first kappa shape index (κ1) is 10.3. The molecule has 1 aliphatic rings. The molecule has 3 rings (SSSR count). The van der Waals surface area contributed by atoms with Crippen LogP contribution >= 0.6 is 0 Å². The molecule has 5 heteroatoms. The van der Waals surface area contributed by atoms with Crippen molar-refractivity contribution < 1.29 is 4.79 Å². The van der Waals surface area contributed by atoms with Gasteiger partial charge in [0.05, 0.1) is 0 Å². The molecule has 0 N–H and O–H groups in total. The van der Waals surface area contributed by atoms with E-state index >= 15 is 0 Å². The van der Waals surface area contributed by atoms with Crippen molar-refractivity contribution in [2.75, 3.05) is 13.1 Å². The number of rotatable bonds is 2. The summed E-state index contributed by atoms with van der Waals surface area (Å²) in [6, 6.07) is 1.94. The summed E-state index contributed by atoms with van der Waals surface area (Å²) >= 11 is 0. The van der Waals surface area contributed by atoms with Gasteiger partial charge >= 0.3 is 0 Å². The molecule has 5 nitrogen and oxygen atoms in total. The third-order valence-corrected chi connectivity index (χ3v) is 3.19. The normalized spacial score (nSPS) is 15.6. The van der Waals surface area contributed by atoms with Gasteiger partial charge in [-0.25, -0.2) is 9.97 Å². The van der Waals surface area contributed by atoms with Crippen molar-refractivity contribution in [1.82, 2.24) is 19.4 Å². The summed E-state index contributed by atoms with van der Waals surface area (Å²) < 4.78 is 1.89. The van der Waals surface area contributed by atoms with E-state index in [1.165, 1.54) is 6.33 Å². The Morgan fingerprint density at radius 3 is 3.00 bits per heavy atom. The lowest BCUT2D eigenvalue weighted by Gasteiger charge is -2.15. The van der Waals surface area contributed by atoms with Crippen LogP contribution in [0.15, 0.2) is 24.8 Å². The SMILES string of the molecule is O=C(Cn1ccc2cncnc21)N1CCCC1. The Balaban J connectivity index is 1.82. The third kappa shape index (κ3) is 1.88. The second-order valence-corrected chi connectivity index (χ2v) is 4.33. The molecule has 3 heterocycles. The van der Waals surface area contributed by atoms with Gasteiger partial charge in [0.15, 0.2) is 0 Å². The van der Waals surface area contributed by atoms with Crippen molar-refractivity contribution >= 4 is 16.9 Å². The molecule has 0 aliphatic carbocycles. The van der Waals surface area contributed by atoms with Crippen LogP contribution in [-0.4, -0.2) is 38.4 Å². The highest BCUT2D eigenvalue weighted by Crippen LogP contribution is 2.13. The first-order chi connectivity index (χ1) is 8.34. The molecule has 1 amide bonds. The number of likely N-dealkylation sites (tertiary alicyclic amines) is 1. The van der Waals surface area contributed by atoms with Gasteiger partial charge in [-0.05, 0) is 18.9 Å². The molecule has 0 spiro atoms. The van der Waals surface area contributed by atoms with E-state index in [2.05, 4.69) is 9.97 Å². The van der Waals surface area contributed by atoms with Gasteiger partial charge in [0.25, 0.3) is 0 Å². The van der Waals surface area contributed by atoms with E-state index in [9.17, 15) is 4.79 Å². The predicted octanol–water partition coefficient (Wildman–Crippen LogP) is 1.05. The summed E-state index contributed by atoms with van der Waals surface area (Å²) in [5.41, 5.74) is 0.826. The largest absolute Gasteiger partial charge is 0.341 e. The fraction of sp³-hybridized carbons (Fsp3) is 0.417. The summed E-state index contributed by atoms with van der Waals surface area (Å²) in [6.07, 6.45) is 7.42. The Kier molecular flexibility index (Phi) is 2.51. The molecule has 0 atom stereocenters. The topological polar surface area (TPSA) is 51.0 Å². The molecule has 17 heavy (non-hydrogen) atoms. The number of amides is 1. The molecule has 88 valence electrons. The molecule has 1 saturated heterocycles. The maximum atomic E-state index is 12.0. The molecule has 1 aliphatic heterocycles. The first-order valence-corrected chi connectivity index (χ1v) is 5.87. The molecule has 0 unspecified atom stereocenters. The quantitative estimate of drug-likeness (QED) is 0.775. The monoisotopic (exact) mass is 230 g/mol. The number of nitrogens with zero attached hydrogens (tertiary/aromatic N) is 4. The molecule has 1 fully saturated rings. The number of fused-ring (bicyclic) bond motifs is 1. The molecular formula is C12H14N4O. The van der Waals surface area contributed by atoms with Crippen LogP contribution in [0.2, 0.25) is 0 Å². The second kappa shape index (κ2) is 4.16. The minimum absolute atomic E-state index is 0.179. The molecular weight excluding hydrogens is 216 g/mol. The zero-order valence-electron chi connectivity index (χ0n) is 9.54. The van der Waals surface area contributed by atoms with Gasteiger partial charge < -0.3 is 9.47 Å². The number of aromatic nitrogens is 3. The molecule has 0 bridgehead atoms. The van der Waals surface area contributed by atoms with E-state index in [-0.39, 0.29) is 5.91 Å². The Morgan fingerprint density at radius 2 is 2.18 bits per heavy atom. The number of hydrogen-bond donors (Lipinski definition) is 0. The van der Waals surface area contributed by atoms with Gasteiger partial charge in [-0.3, -0.25) is 4.79 Å². The fourth-order valence-corrected chi connectivity index (χ4v) is 2.27. The van der Waals surface area contributed by atoms with Crippen LogP contribution in [0.1, 0.15) is 12.8 Å². The summed E-state index contributed by atoms with van der Waals surface area (Å²) in [5.74, 6) is 0.179. The highest BCUT2D eigenvalue weighted by molar-refractivity contribution is 5.80. The van der Waals surface area contributed by atoms with Gasteiger partial charge in [0.2, 0.25) is 5.91 Å². The predicted molar refractivity (Wildman–Crippen MR) is 63.3 cm³/mol. The zero-order valence-corrected chi connectivity index (χ0v) is 9.54. The Morgan fingerprint density at radius 1 is 1.35 bits per heavy atom. The van der Waals surface area contributed by atoms with Gasteiger partial charge in [-0.15, -0.1) is 0 Å². The summed E-state index contributed by atoms with van der Waals surface area (Å²) in [7, 11) is 0. The van der Waals surface area contributed by atoms with Crippen molar-refractivity contribution in [3.63, 3.8) is 0 Å². The van der Waals surface area contributed by atoms with E-state index in [1.54, 1.807) is 6.20 Å². The standard InChI is InChI=1S/C12H14N4O/c17-11(15-4-1-2-5-15)8-16-6-3-10-7-13-9-14-12(10)16/h3,6-7,9H,1-2,4-5,8H2. The lowest BCUT2D eigenvalue weighted by molar-refractivity contribution is -0.130. The highest BCUT2D eigenvalue weighted by Gasteiger charge is 2.18. The summed E-state index contributed by atoms with van der Waals surface area (Å²) in [6.45, 7) is 2.17. The van der Waals surface area contributed by atoms with Crippen LogP contribution in [0.3, 0.4) is 0 Å². The maximum Gasteiger partial charge on any atom is 0.242 e. The van der Waals surface area contributed by atoms with Gasteiger partial charge in [-0.2, -0.15) is 0 Å². The average molecular weight is 230 g/mol. The summed E-state index contributed by atoms with van der Waals surface area (Å²) in [4.78, 5) is 22.1. The minimum atomic E-state index is 0.179. The molecule has 0 aromatic carbocycles. The molecule has 0 saturated carbocycles. The fourth-order valence-electron chi connectivity index (χ4n) is 2.27. The second-order valence-electron chi connectivity index (χ2n) is 4.33. The van der Waals surface area contributed by atoms with Crippen molar-refractivity contribution in [3.8, 4) is 0 Å². The van der Waals surface area contributed by atoms with E-state index in [0.717, 1.165) is 37.0 Å². The molecule has 2 aromatic heterocycles. The Hall–Kier alpha value is -1.91. The zero-order chi connectivity index (χ0) is 11.7. The molecule has 0 radical (unpaired) electrons. The van der Waals surface area contributed by atoms with Crippen LogP contribution in [0.25, 0.3) is 11.0 Å². The van der Waals surface area contributed by atoms with E-state index in [4.69, 9.17) is 0 Å². The van der Waals surface area contributed by atoms with Crippen LogP contribution < -0.4 is 0 Å². The highest BCUT2D eigenvalue weighted by atomic mass is 16.2. The smallest absolute Gasteiger partial charge is 0.242 e. The lowest BCUT2D eigenvalue weighted by atomic mass is 10.4. The third-order valence-electron chi connectivity index (χ3n) is 3.19. The minimum Gasteiger partial charge on any atom is -0.341 e. The van der Waals surface area contributed by atoms with Crippen molar-refractivity contribution in [1.29, 1.82) is 0 Å². The van der Waals surface area contributed by atoms with Crippen LogP contribution in [0, 0.1) is 0 Å². The Labute approximate surface area is 99.1 Å². The van der Waals surface area contributed by atoms with E-state index in [1.807, 2.05) is 21.7 Å². The van der Waals surface area contributed by atoms with Crippen LogP contribution in [0.5, 0.6) is 0 Å². The molecule has 2 aromatic rings. The first-order valence-electron chi connectivity index (χ1n) is 5.87. The van der Waals surface area contributed by atoms with Crippen molar-refractivity contribution in [2.45, 2.75) is 19.4 Å². The van der Waals surface area contributed by atoms with E-state index < -0.39 is 0 Å². The number of hydrogen-bond acceptors (Lipinski definition) is 3. The van der Waals surface area contributed by atoms with Gasteiger partial charge in [-0.1, -0.05) is 0 Å².